The van der Waals surface area contributed by atoms with Crippen molar-refractivity contribution in [2.75, 3.05) is 19.8 Å². The zero-order valence-electron chi connectivity index (χ0n) is 33.4. The number of esters is 1. The molecule has 15 atom stereocenters. The number of nitrogens with two attached hydrogens (primary N) is 1. The summed E-state index contributed by atoms with van der Waals surface area (Å²) in [6, 6.07) is -0.248. The number of cyclic esters (lactones) is 1. The predicted molar refractivity (Wildman–Crippen MR) is 203 cm³/mol. The molecule has 50 heavy (non-hydrogen) atoms. The number of rotatable bonds is 8. The van der Waals surface area contributed by atoms with E-state index in [-0.39, 0.29) is 48.0 Å². The molecule has 0 radical (unpaired) electrons. The summed E-state index contributed by atoms with van der Waals surface area (Å²) >= 11 is 1.54. The number of aliphatic imine (C=N–C) groups is 1. The van der Waals surface area contributed by atoms with Gasteiger partial charge in [-0.1, -0.05) is 32.5 Å². The lowest BCUT2D eigenvalue weighted by atomic mass is 9.76. The van der Waals surface area contributed by atoms with E-state index >= 15 is 0 Å². The van der Waals surface area contributed by atoms with Crippen molar-refractivity contribution in [3.63, 3.8) is 0 Å². The maximum atomic E-state index is 14.3. The van der Waals surface area contributed by atoms with Crippen LogP contribution in [0.2, 0.25) is 39.3 Å². The maximum Gasteiger partial charge on any atom is 0.311 e. The number of carbonyl (C=O) groups excluding carboxylic acids is 1. The average molecular weight is 758 g/mol. The molecule has 0 saturated carbocycles. The fraction of sp³-hybridized carbons (Fsp3) is 0.944. The molecule has 5 aliphatic heterocycles. The standard InChI is InChI=1S/C36H67N3O8SSi2/c1-16-26-35(7)29-24(19-48-33(37)38-29)36(47-35)20(2)18-34(6,46-36)30(22(4)27(44-49(10,11)12)23(5)31(40)42-26)43-32-28(45-50(13,14)15)25(39(8)9)17-21(3)41-32/h20-30,32H,16-19H2,1-15H3,(H2,37,38)/t20?,21-,22+,23-,24?,25+,26-,27+,28-,29?,30-,32?,34-,35?,36?/m1/s1. The van der Waals surface area contributed by atoms with Crippen molar-refractivity contribution in [2.24, 2.45) is 34.4 Å². The molecule has 4 fully saturated rings. The third kappa shape index (κ3) is 7.68. The van der Waals surface area contributed by atoms with Gasteiger partial charge in [0, 0.05) is 29.5 Å². The highest BCUT2D eigenvalue weighted by Crippen LogP contribution is 2.61. The van der Waals surface area contributed by atoms with E-state index < -0.39 is 64.1 Å². The van der Waals surface area contributed by atoms with Gasteiger partial charge in [-0.2, -0.15) is 0 Å². The largest absolute Gasteiger partial charge is 0.459 e. The molecule has 5 heterocycles. The molecule has 0 aromatic rings. The zero-order chi connectivity index (χ0) is 37.4. The summed E-state index contributed by atoms with van der Waals surface area (Å²) in [6.45, 7) is 27.7. The highest BCUT2D eigenvalue weighted by Gasteiger charge is 2.72. The van der Waals surface area contributed by atoms with Gasteiger partial charge in [0.25, 0.3) is 0 Å². The van der Waals surface area contributed by atoms with E-state index in [0.717, 1.165) is 6.42 Å². The van der Waals surface area contributed by atoms with E-state index in [1.807, 2.05) is 20.8 Å². The molecule has 0 aromatic carbocycles. The lowest BCUT2D eigenvalue weighted by Crippen LogP contribution is -2.62. The highest BCUT2D eigenvalue weighted by molar-refractivity contribution is 8.13. The number of carbonyl (C=O) groups is 1. The molecule has 3 bridgehead atoms. The first-order chi connectivity index (χ1) is 22.9. The van der Waals surface area contributed by atoms with E-state index in [4.69, 9.17) is 43.3 Å². The Morgan fingerprint density at radius 1 is 1.00 bits per heavy atom. The van der Waals surface area contributed by atoms with Crippen molar-refractivity contribution in [3.8, 4) is 0 Å². The van der Waals surface area contributed by atoms with Crippen molar-refractivity contribution in [1.29, 1.82) is 0 Å². The number of nitrogens with zero attached hydrogens (tertiary/aromatic N) is 2. The molecule has 2 N–H and O–H groups in total. The van der Waals surface area contributed by atoms with Gasteiger partial charge in [0.1, 0.15) is 17.8 Å². The van der Waals surface area contributed by atoms with Gasteiger partial charge in [-0.15, -0.1) is 0 Å². The Kier molecular flexibility index (Phi) is 11.6. The second-order valence-electron chi connectivity index (χ2n) is 18.4. The molecule has 0 aromatic heterocycles. The molecule has 11 nitrogen and oxygen atoms in total. The van der Waals surface area contributed by atoms with Crippen LogP contribution in [0.5, 0.6) is 0 Å². The van der Waals surface area contributed by atoms with Crippen molar-refractivity contribution < 1.29 is 37.3 Å². The topological polar surface area (TPSA) is 123 Å². The molecule has 4 saturated heterocycles. The van der Waals surface area contributed by atoms with Gasteiger partial charge in [-0.3, -0.25) is 9.79 Å². The van der Waals surface area contributed by atoms with Gasteiger partial charge >= 0.3 is 5.97 Å². The summed E-state index contributed by atoms with van der Waals surface area (Å²) in [5, 5.41) is 0.524. The van der Waals surface area contributed by atoms with Crippen LogP contribution in [0.4, 0.5) is 0 Å². The van der Waals surface area contributed by atoms with E-state index in [1.54, 1.807) is 0 Å². The van der Waals surface area contributed by atoms with Gasteiger partial charge in [0.15, 0.2) is 33.9 Å². The first kappa shape index (κ1) is 40.6. The lowest BCUT2D eigenvalue weighted by molar-refractivity contribution is -0.335. The monoisotopic (exact) mass is 757 g/mol. The summed E-state index contributed by atoms with van der Waals surface area (Å²) in [5.41, 5.74) is 4.60. The maximum absolute atomic E-state index is 14.3. The minimum Gasteiger partial charge on any atom is -0.459 e. The van der Waals surface area contributed by atoms with Gasteiger partial charge < -0.3 is 43.2 Å². The second kappa shape index (κ2) is 14.3. The first-order valence-corrected chi connectivity index (χ1v) is 26.6. The second-order valence-corrected chi connectivity index (χ2v) is 28.3. The Balaban J connectivity index is 1.67. The van der Waals surface area contributed by atoms with Crippen LogP contribution >= 0.6 is 11.8 Å². The molecule has 6 unspecified atom stereocenters. The molecule has 288 valence electrons. The summed E-state index contributed by atoms with van der Waals surface area (Å²) in [4.78, 5) is 21.6. The Morgan fingerprint density at radius 2 is 1.62 bits per heavy atom. The van der Waals surface area contributed by atoms with Gasteiger partial charge in [-0.05, 0) is 100 Å². The van der Waals surface area contributed by atoms with E-state index in [9.17, 15) is 4.79 Å². The van der Waals surface area contributed by atoms with Crippen LogP contribution in [0.15, 0.2) is 4.99 Å². The molecule has 5 rings (SSSR count). The molecular formula is C36H67N3O8SSi2. The summed E-state index contributed by atoms with van der Waals surface area (Å²) < 4.78 is 49.3. The first-order valence-electron chi connectivity index (χ1n) is 18.8. The third-order valence-corrected chi connectivity index (χ3v) is 14.5. The number of thioether (sulfide) groups is 1. The van der Waals surface area contributed by atoms with E-state index in [1.165, 1.54) is 11.8 Å². The van der Waals surface area contributed by atoms with Gasteiger partial charge in [0.05, 0.1) is 35.9 Å². The van der Waals surface area contributed by atoms with Crippen molar-refractivity contribution in [2.45, 2.75) is 173 Å². The van der Waals surface area contributed by atoms with Crippen molar-refractivity contribution in [3.05, 3.63) is 0 Å². The van der Waals surface area contributed by atoms with Crippen LogP contribution in [0.1, 0.15) is 67.7 Å². The van der Waals surface area contributed by atoms with Crippen LogP contribution in [0, 0.1) is 23.7 Å². The predicted octanol–water partition coefficient (Wildman–Crippen LogP) is 5.83. The average Bonchev–Trinajstić information content (AvgIpc) is 3.39. The molecular weight excluding hydrogens is 691 g/mol. The van der Waals surface area contributed by atoms with Crippen molar-refractivity contribution >= 4 is 39.5 Å². The zero-order valence-corrected chi connectivity index (χ0v) is 36.2. The fourth-order valence-corrected chi connectivity index (χ4v) is 12.8. The number of likely N-dealkylation sites (N-methyl/N-ethyl adjacent to an activating group) is 1. The van der Waals surface area contributed by atoms with Gasteiger partial charge in [-0.25, -0.2) is 0 Å². The minimum atomic E-state index is -2.18. The lowest BCUT2D eigenvalue weighted by Gasteiger charge is -2.50. The van der Waals surface area contributed by atoms with Gasteiger partial charge in [0.2, 0.25) is 0 Å². The van der Waals surface area contributed by atoms with Crippen LogP contribution < -0.4 is 5.73 Å². The smallest absolute Gasteiger partial charge is 0.311 e. The molecule has 0 amide bonds. The molecule has 5 aliphatic rings. The quantitative estimate of drug-likeness (QED) is 0.238. The third-order valence-electron chi connectivity index (χ3n) is 11.6. The normalized spacial score (nSPS) is 47.3. The molecule has 0 aliphatic carbocycles. The number of amidine groups is 1. The highest BCUT2D eigenvalue weighted by atomic mass is 32.2. The summed E-state index contributed by atoms with van der Waals surface area (Å²) in [7, 11) is -0.0167. The SMILES string of the molecule is CC[C@H]1OC(=O)[C@H](C)[C@@H](O[Si](C)(C)C)[C@H](C)[C@@H](OC2O[C@H](C)C[C@H](N(C)C)[C@H]2O[Si](C)(C)C)[C@@]2(C)CC(C)C3(OC1(C)C1N=C(N)SCC13)O2. The molecule has 1 spiro atoms. The Bertz CT molecular complexity index is 1280. The van der Waals surface area contributed by atoms with E-state index in [2.05, 4.69) is 86.0 Å². The molecule has 14 heteroatoms. The number of hydrogen-bond acceptors (Lipinski definition) is 12. The number of hydrogen-bond donors (Lipinski definition) is 1. The minimum absolute atomic E-state index is 0.0206. The van der Waals surface area contributed by atoms with Crippen molar-refractivity contribution in [1.82, 2.24) is 4.90 Å². The summed E-state index contributed by atoms with van der Waals surface area (Å²) in [5.74, 6) is -1.61. The van der Waals surface area contributed by atoms with Crippen LogP contribution in [-0.4, -0.2) is 118 Å². The van der Waals surface area contributed by atoms with Crippen LogP contribution in [-0.2, 0) is 37.3 Å². The Morgan fingerprint density at radius 3 is 2.20 bits per heavy atom. The Hall–Kier alpha value is -0.556. The van der Waals surface area contributed by atoms with Crippen LogP contribution in [0.3, 0.4) is 0 Å². The van der Waals surface area contributed by atoms with Crippen LogP contribution in [0.25, 0.3) is 0 Å². The summed E-state index contributed by atoms with van der Waals surface area (Å²) in [6.07, 6.45) is -0.568. The number of fused-ring (bicyclic) bond motifs is 4. The van der Waals surface area contributed by atoms with E-state index in [0.29, 0.717) is 23.8 Å². The fourth-order valence-electron chi connectivity index (χ4n) is 9.50. The Labute approximate surface area is 308 Å². The number of ether oxygens (including phenoxy) is 5.